The van der Waals surface area contributed by atoms with Gasteiger partial charge in [-0.1, -0.05) is 43.6 Å². The minimum Gasteiger partial charge on any atom is -0.466 e. The lowest BCUT2D eigenvalue weighted by molar-refractivity contribution is -0.157. The molecule has 0 bridgehead atoms. The molecule has 1 fully saturated rings. The van der Waals surface area contributed by atoms with E-state index in [1.807, 2.05) is 19.9 Å². The second-order valence-corrected chi connectivity index (χ2v) is 4.92. The Balaban J connectivity index is 2.77. The SMILES string of the molecule is C=C/C(C)=C\CC1(C(=O)OCC)CCCCC1. The van der Waals surface area contributed by atoms with E-state index in [0.717, 1.165) is 37.7 Å². The largest absolute Gasteiger partial charge is 0.466 e. The van der Waals surface area contributed by atoms with E-state index in [9.17, 15) is 4.79 Å². The van der Waals surface area contributed by atoms with Gasteiger partial charge in [-0.2, -0.15) is 0 Å². The Morgan fingerprint density at radius 3 is 2.53 bits per heavy atom. The standard InChI is InChI=1S/C15H24O2/c1-4-13(3)9-12-15(14(16)17-5-2)10-7-6-8-11-15/h4,9H,1,5-8,10-12H2,2-3H3/b13-9-. The van der Waals surface area contributed by atoms with Gasteiger partial charge < -0.3 is 4.74 Å². The molecule has 0 spiro atoms. The zero-order valence-electron chi connectivity index (χ0n) is 11.1. The summed E-state index contributed by atoms with van der Waals surface area (Å²) in [5.41, 5.74) is 0.873. The first-order chi connectivity index (χ1) is 8.14. The molecule has 0 aromatic heterocycles. The van der Waals surface area contributed by atoms with Crippen LogP contribution in [0.1, 0.15) is 52.4 Å². The van der Waals surface area contributed by atoms with Gasteiger partial charge in [0.05, 0.1) is 12.0 Å². The maximum atomic E-state index is 12.1. The highest BCUT2D eigenvalue weighted by molar-refractivity contribution is 5.77. The third-order valence-corrected chi connectivity index (χ3v) is 3.66. The Kier molecular flexibility index (Phi) is 5.46. The maximum Gasteiger partial charge on any atom is 0.312 e. The van der Waals surface area contributed by atoms with Crippen LogP contribution in [0.3, 0.4) is 0 Å². The molecule has 2 heteroatoms. The molecule has 1 rings (SSSR count). The Labute approximate surface area is 105 Å². The third-order valence-electron chi connectivity index (χ3n) is 3.66. The van der Waals surface area contributed by atoms with Crippen molar-refractivity contribution in [3.8, 4) is 0 Å². The summed E-state index contributed by atoms with van der Waals surface area (Å²) in [7, 11) is 0. The lowest BCUT2D eigenvalue weighted by Crippen LogP contribution is -2.34. The predicted molar refractivity (Wildman–Crippen MR) is 70.7 cm³/mol. The van der Waals surface area contributed by atoms with Crippen LogP contribution in [0.5, 0.6) is 0 Å². The molecular formula is C15H24O2. The smallest absolute Gasteiger partial charge is 0.312 e. The lowest BCUT2D eigenvalue weighted by atomic mass is 9.71. The summed E-state index contributed by atoms with van der Waals surface area (Å²) in [6, 6.07) is 0. The second kappa shape index (κ2) is 6.63. The fourth-order valence-electron chi connectivity index (χ4n) is 2.44. The first-order valence-corrected chi connectivity index (χ1v) is 6.61. The van der Waals surface area contributed by atoms with Crippen LogP contribution in [0.25, 0.3) is 0 Å². The van der Waals surface area contributed by atoms with Crippen molar-refractivity contribution < 1.29 is 9.53 Å². The zero-order valence-corrected chi connectivity index (χ0v) is 11.1. The van der Waals surface area contributed by atoms with E-state index >= 15 is 0 Å². The van der Waals surface area contributed by atoms with Crippen LogP contribution in [0.4, 0.5) is 0 Å². The summed E-state index contributed by atoms with van der Waals surface area (Å²) in [6.45, 7) is 8.12. The molecule has 0 aliphatic heterocycles. The number of hydrogen-bond donors (Lipinski definition) is 0. The summed E-state index contributed by atoms with van der Waals surface area (Å²) in [5, 5.41) is 0. The molecule has 0 unspecified atom stereocenters. The van der Waals surface area contributed by atoms with Crippen molar-refractivity contribution in [2.75, 3.05) is 6.61 Å². The van der Waals surface area contributed by atoms with Crippen molar-refractivity contribution in [2.24, 2.45) is 5.41 Å². The van der Waals surface area contributed by atoms with Crippen LogP contribution in [-0.4, -0.2) is 12.6 Å². The summed E-state index contributed by atoms with van der Waals surface area (Å²) >= 11 is 0. The molecule has 0 N–H and O–H groups in total. The number of carbonyl (C=O) groups is 1. The topological polar surface area (TPSA) is 26.3 Å². The van der Waals surface area contributed by atoms with Gasteiger partial charge in [0.1, 0.15) is 0 Å². The molecule has 0 heterocycles. The van der Waals surface area contributed by atoms with Crippen LogP contribution in [0, 0.1) is 5.41 Å². The van der Waals surface area contributed by atoms with E-state index < -0.39 is 0 Å². The minimum absolute atomic E-state index is 0.00666. The van der Waals surface area contributed by atoms with Gasteiger partial charge in [0, 0.05) is 0 Å². The van der Waals surface area contributed by atoms with Crippen molar-refractivity contribution in [3.63, 3.8) is 0 Å². The molecule has 96 valence electrons. The van der Waals surface area contributed by atoms with Crippen LogP contribution in [0.2, 0.25) is 0 Å². The number of ether oxygens (including phenoxy) is 1. The molecule has 0 saturated heterocycles. The molecular weight excluding hydrogens is 212 g/mol. The van der Waals surface area contributed by atoms with Gasteiger partial charge in [-0.25, -0.2) is 0 Å². The molecule has 0 atom stereocenters. The highest BCUT2D eigenvalue weighted by Crippen LogP contribution is 2.41. The van der Waals surface area contributed by atoms with Crippen LogP contribution in [-0.2, 0) is 9.53 Å². The fraction of sp³-hybridized carbons (Fsp3) is 0.667. The van der Waals surface area contributed by atoms with E-state index in [4.69, 9.17) is 4.74 Å². The summed E-state index contributed by atoms with van der Waals surface area (Å²) < 4.78 is 5.26. The zero-order chi connectivity index (χ0) is 12.7. The average molecular weight is 236 g/mol. The molecule has 1 saturated carbocycles. The minimum atomic E-state index is -0.265. The van der Waals surface area contributed by atoms with Gasteiger partial charge in [0.25, 0.3) is 0 Å². The molecule has 0 aromatic rings. The fourth-order valence-corrected chi connectivity index (χ4v) is 2.44. The summed E-state index contributed by atoms with van der Waals surface area (Å²) in [5.74, 6) is -0.00666. The van der Waals surface area contributed by atoms with Gasteiger partial charge in [0.15, 0.2) is 0 Å². The highest BCUT2D eigenvalue weighted by Gasteiger charge is 2.39. The summed E-state index contributed by atoms with van der Waals surface area (Å²) in [4.78, 5) is 12.1. The van der Waals surface area contributed by atoms with Gasteiger partial charge in [-0.3, -0.25) is 4.79 Å². The van der Waals surface area contributed by atoms with Crippen LogP contribution >= 0.6 is 0 Å². The quantitative estimate of drug-likeness (QED) is 0.532. The molecule has 0 aromatic carbocycles. The highest BCUT2D eigenvalue weighted by atomic mass is 16.5. The van der Waals surface area contributed by atoms with Gasteiger partial charge in [-0.15, -0.1) is 0 Å². The second-order valence-electron chi connectivity index (χ2n) is 4.92. The van der Waals surface area contributed by atoms with E-state index in [1.165, 1.54) is 6.42 Å². The molecule has 1 aliphatic rings. The Morgan fingerprint density at radius 2 is 2.00 bits per heavy atom. The van der Waals surface area contributed by atoms with Crippen molar-refractivity contribution >= 4 is 5.97 Å². The number of allylic oxidation sites excluding steroid dienone is 3. The molecule has 17 heavy (non-hydrogen) atoms. The number of esters is 1. The van der Waals surface area contributed by atoms with E-state index in [0.29, 0.717) is 6.61 Å². The maximum absolute atomic E-state index is 12.1. The predicted octanol–water partition coefficient (Wildman–Crippen LogP) is 4.02. The summed E-state index contributed by atoms with van der Waals surface area (Å²) in [6.07, 6.45) is 10.2. The first kappa shape index (κ1) is 14.0. The average Bonchev–Trinajstić information content (AvgIpc) is 2.37. The van der Waals surface area contributed by atoms with Crippen molar-refractivity contribution in [1.29, 1.82) is 0 Å². The molecule has 1 aliphatic carbocycles. The van der Waals surface area contributed by atoms with Gasteiger partial charge in [0.2, 0.25) is 0 Å². The Bertz CT molecular complexity index is 296. The van der Waals surface area contributed by atoms with E-state index in [2.05, 4.69) is 12.7 Å². The monoisotopic (exact) mass is 236 g/mol. The number of rotatable bonds is 5. The van der Waals surface area contributed by atoms with Crippen LogP contribution in [0.15, 0.2) is 24.3 Å². The van der Waals surface area contributed by atoms with Gasteiger partial charge >= 0.3 is 5.97 Å². The van der Waals surface area contributed by atoms with Crippen molar-refractivity contribution in [1.82, 2.24) is 0 Å². The Hall–Kier alpha value is -1.05. The van der Waals surface area contributed by atoms with E-state index in [-0.39, 0.29) is 11.4 Å². The van der Waals surface area contributed by atoms with Crippen LogP contribution < -0.4 is 0 Å². The molecule has 2 nitrogen and oxygen atoms in total. The van der Waals surface area contributed by atoms with E-state index in [1.54, 1.807) is 0 Å². The van der Waals surface area contributed by atoms with Crippen molar-refractivity contribution in [3.05, 3.63) is 24.3 Å². The molecule has 0 radical (unpaired) electrons. The number of hydrogen-bond acceptors (Lipinski definition) is 2. The Morgan fingerprint density at radius 1 is 1.35 bits per heavy atom. The normalized spacial score (nSPS) is 19.8. The van der Waals surface area contributed by atoms with Gasteiger partial charge in [-0.05, 0) is 33.1 Å². The first-order valence-electron chi connectivity index (χ1n) is 6.61. The number of carbonyl (C=O) groups excluding carboxylic acids is 1. The lowest BCUT2D eigenvalue weighted by Gasteiger charge is -2.34. The van der Waals surface area contributed by atoms with Crippen molar-refractivity contribution in [2.45, 2.75) is 52.4 Å². The third kappa shape index (κ3) is 3.72. The molecule has 0 amide bonds.